The molecule has 0 aliphatic carbocycles. The predicted octanol–water partition coefficient (Wildman–Crippen LogP) is 1.40. The summed E-state index contributed by atoms with van der Waals surface area (Å²) in [6, 6.07) is 1.70. The van der Waals surface area contributed by atoms with E-state index in [1.165, 1.54) is 6.26 Å². The lowest BCUT2D eigenvalue weighted by atomic mass is 10.2. The van der Waals surface area contributed by atoms with Gasteiger partial charge in [-0.3, -0.25) is 14.9 Å². The van der Waals surface area contributed by atoms with E-state index in [0.717, 1.165) is 11.4 Å². The Morgan fingerprint density at radius 1 is 1.61 bits per heavy atom. The van der Waals surface area contributed by atoms with Crippen LogP contribution in [0, 0.1) is 13.8 Å². The van der Waals surface area contributed by atoms with Crippen LogP contribution in [0.25, 0.3) is 0 Å². The fourth-order valence-corrected chi connectivity index (χ4v) is 1.85. The van der Waals surface area contributed by atoms with Crippen LogP contribution in [0.3, 0.4) is 0 Å². The molecule has 2 heterocycles. The van der Waals surface area contributed by atoms with E-state index in [4.69, 9.17) is 21.9 Å². The van der Waals surface area contributed by atoms with Crippen LogP contribution >= 0.6 is 11.6 Å². The van der Waals surface area contributed by atoms with Gasteiger partial charge in [0.2, 0.25) is 0 Å². The number of hydrazine groups is 1. The molecule has 0 spiro atoms. The van der Waals surface area contributed by atoms with Crippen molar-refractivity contribution in [2.24, 2.45) is 5.84 Å². The van der Waals surface area contributed by atoms with E-state index in [2.05, 4.69) is 5.10 Å². The van der Waals surface area contributed by atoms with Crippen LogP contribution in [0.5, 0.6) is 0 Å². The van der Waals surface area contributed by atoms with E-state index in [9.17, 15) is 4.79 Å². The molecule has 0 radical (unpaired) electrons. The van der Waals surface area contributed by atoms with Crippen molar-refractivity contribution in [3.05, 3.63) is 40.1 Å². The van der Waals surface area contributed by atoms with Gasteiger partial charge in [0.1, 0.15) is 0 Å². The summed E-state index contributed by atoms with van der Waals surface area (Å²) in [5.74, 6) is 4.79. The number of nitrogens with one attached hydrogen (secondary N) is 1. The van der Waals surface area contributed by atoms with Crippen molar-refractivity contribution >= 4 is 17.5 Å². The quantitative estimate of drug-likeness (QED) is 0.500. The summed E-state index contributed by atoms with van der Waals surface area (Å²) in [5, 5.41) is 4.92. The molecule has 7 heteroatoms. The Balaban J connectivity index is 2.32. The lowest BCUT2D eigenvalue weighted by molar-refractivity contribution is 0.0924. The molecule has 2 aromatic rings. The molecule has 0 atom stereocenters. The standard InChI is InChI=1S/C11H13ClN4O2/c1-6-9(12)7(2)16(15-6)5-8-3-4-18-10(8)11(17)14-13/h3-4H,5,13H2,1-2H3,(H,14,17). The minimum Gasteiger partial charge on any atom is -0.459 e. The van der Waals surface area contributed by atoms with Crippen LogP contribution in [0.15, 0.2) is 16.7 Å². The van der Waals surface area contributed by atoms with Crippen LogP contribution in [0.1, 0.15) is 27.5 Å². The number of nitrogens with zero attached hydrogens (tertiary/aromatic N) is 2. The van der Waals surface area contributed by atoms with Gasteiger partial charge in [-0.1, -0.05) is 11.6 Å². The molecular weight excluding hydrogens is 256 g/mol. The number of hydrogen-bond donors (Lipinski definition) is 2. The molecule has 0 saturated carbocycles. The second-order valence-electron chi connectivity index (χ2n) is 3.89. The van der Waals surface area contributed by atoms with Gasteiger partial charge in [0, 0.05) is 5.56 Å². The monoisotopic (exact) mass is 268 g/mol. The van der Waals surface area contributed by atoms with Crippen LogP contribution in [-0.4, -0.2) is 15.7 Å². The molecule has 0 unspecified atom stereocenters. The summed E-state index contributed by atoms with van der Waals surface area (Å²) in [4.78, 5) is 11.5. The van der Waals surface area contributed by atoms with Crippen molar-refractivity contribution in [1.29, 1.82) is 0 Å². The first-order chi connectivity index (χ1) is 8.54. The van der Waals surface area contributed by atoms with E-state index >= 15 is 0 Å². The Morgan fingerprint density at radius 2 is 2.33 bits per heavy atom. The number of nitrogens with two attached hydrogens (primary N) is 1. The number of amides is 1. The molecule has 6 nitrogen and oxygen atoms in total. The van der Waals surface area contributed by atoms with Crippen molar-refractivity contribution in [2.45, 2.75) is 20.4 Å². The number of furan rings is 1. The van der Waals surface area contributed by atoms with Crippen molar-refractivity contribution in [3.8, 4) is 0 Å². The Kier molecular flexibility index (Phi) is 3.40. The zero-order valence-electron chi connectivity index (χ0n) is 10.0. The van der Waals surface area contributed by atoms with Gasteiger partial charge in [0.05, 0.1) is 29.2 Å². The number of halogens is 1. The highest BCUT2D eigenvalue weighted by molar-refractivity contribution is 6.31. The number of aromatic nitrogens is 2. The maximum Gasteiger partial charge on any atom is 0.301 e. The topological polar surface area (TPSA) is 86.1 Å². The largest absolute Gasteiger partial charge is 0.459 e. The second-order valence-corrected chi connectivity index (χ2v) is 4.27. The lowest BCUT2D eigenvalue weighted by Crippen LogP contribution is -2.30. The fraction of sp³-hybridized carbons (Fsp3) is 0.273. The number of carbonyl (C=O) groups excluding carboxylic acids is 1. The molecule has 0 fully saturated rings. The van der Waals surface area contributed by atoms with E-state index in [0.29, 0.717) is 17.1 Å². The first-order valence-corrected chi connectivity index (χ1v) is 5.69. The lowest BCUT2D eigenvalue weighted by Gasteiger charge is -2.04. The average molecular weight is 269 g/mol. The van der Waals surface area contributed by atoms with Gasteiger partial charge >= 0.3 is 5.91 Å². The number of rotatable bonds is 3. The average Bonchev–Trinajstić information content (AvgIpc) is 2.91. The summed E-state index contributed by atoms with van der Waals surface area (Å²) in [5.41, 5.74) is 4.33. The fourth-order valence-electron chi connectivity index (χ4n) is 1.72. The molecule has 1 amide bonds. The SMILES string of the molecule is Cc1nn(Cc2ccoc2C(=O)NN)c(C)c1Cl. The van der Waals surface area contributed by atoms with Crippen LogP contribution in [0.4, 0.5) is 0 Å². The minimum atomic E-state index is -0.470. The van der Waals surface area contributed by atoms with Crippen LogP contribution in [0.2, 0.25) is 5.02 Å². The smallest absolute Gasteiger partial charge is 0.301 e. The highest BCUT2D eigenvalue weighted by Gasteiger charge is 2.17. The first-order valence-electron chi connectivity index (χ1n) is 5.31. The van der Waals surface area contributed by atoms with Gasteiger partial charge in [0.25, 0.3) is 0 Å². The first kappa shape index (κ1) is 12.7. The third-order valence-corrected chi connectivity index (χ3v) is 3.24. The predicted molar refractivity (Wildman–Crippen MR) is 66.2 cm³/mol. The molecule has 2 rings (SSSR count). The highest BCUT2D eigenvalue weighted by Crippen LogP contribution is 2.21. The van der Waals surface area contributed by atoms with E-state index in [-0.39, 0.29) is 5.76 Å². The van der Waals surface area contributed by atoms with Gasteiger partial charge in [-0.15, -0.1) is 0 Å². The Morgan fingerprint density at radius 3 is 2.89 bits per heavy atom. The summed E-state index contributed by atoms with van der Waals surface area (Å²) in [6.07, 6.45) is 1.44. The number of hydrogen-bond acceptors (Lipinski definition) is 4. The molecule has 0 aliphatic rings. The number of aryl methyl sites for hydroxylation is 1. The van der Waals surface area contributed by atoms with E-state index < -0.39 is 5.91 Å². The maximum absolute atomic E-state index is 11.5. The molecule has 0 bridgehead atoms. The van der Waals surface area contributed by atoms with Gasteiger partial charge in [-0.25, -0.2) is 5.84 Å². The Bertz CT molecular complexity index is 588. The van der Waals surface area contributed by atoms with E-state index in [1.807, 2.05) is 19.3 Å². The van der Waals surface area contributed by atoms with Crippen molar-refractivity contribution in [1.82, 2.24) is 15.2 Å². The van der Waals surface area contributed by atoms with Gasteiger partial charge < -0.3 is 4.42 Å². The molecule has 3 N–H and O–H groups in total. The zero-order chi connectivity index (χ0) is 13.3. The molecule has 2 aromatic heterocycles. The third kappa shape index (κ3) is 2.12. The van der Waals surface area contributed by atoms with Gasteiger partial charge in [-0.2, -0.15) is 5.10 Å². The second kappa shape index (κ2) is 4.83. The van der Waals surface area contributed by atoms with Gasteiger partial charge in [0.15, 0.2) is 5.76 Å². The molecule has 18 heavy (non-hydrogen) atoms. The maximum atomic E-state index is 11.5. The highest BCUT2D eigenvalue weighted by atomic mass is 35.5. The van der Waals surface area contributed by atoms with Crippen LogP contribution in [-0.2, 0) is 6.54 Å². The minimum absolute atomic E-state index is 0.182. The third-order valence-electron chi connectivity index (χ3n) is 2.70. The van der Waals surface area contributed by atoms with Crippen molar-refractivity contribution in [2.75, 3.05) is 0 Å². The van der Waals surface area contributed by atoms with Crippen molar-refractivity contribution < 1.29 is 9.21 Å². The van der Waals surface area contributed by atoms with Crippen molar-refractivity contribution in [3.63, 3.8) is 0 Å². The zero-order valence-corrected chi connectivity index (χ0v) is 10.8. The summed E-state index contributed by atoms with van der Waals surface area (Å²) < 4.78 is 6.82. The number of carbonyl (C=O) groups is 1. The molecule has 0 saturated heterocycles. The summed E-state index contributed by atoms with van der Waals surface area (Å²) >= 11 is 6.06. The molecular formula is C11H13ClN4O2. The summed E-state index contributed by atoms with van der Waals surface area (Å²) in [6.45, 7) is 4.10. The van der Waals surface area contributed by atoms with E-state index in [1.54, 1.807) is 10.7 Å². The molecule has 96 valence electrons. The molecule has 0 aliphatic heterocycles. The molecule has 0 aromatic carbocycles. The van der Waals surface area contributed by atoms with Crippen LogP contribution < -0.4 is 11.3 Å². The number of nitrogen functional groups attached to an aromatic ring is 1. The van der Waals surface area contributed by atoms with Gasteiger partial charge in [-0.05, 0) is 19.9 Å². The Hall–Kier alpha value is -1.79. The normalized spacial score (nSPS) is 10.7. The summed E-state index contributed by atoms with van der Waals surface area (Å²) in [7, 11) is 0. The Labute approximate surface area is 109 Å².